The minimum absolute atomic E-state index is 0.0297. The van der Waals surface area contributed by atoms with Crippen molar-refractivity contribution in [1.82, 2.24) is 14.3 Å². The highest BCUT2D eigenvalue weighted by atomic mass is 16.4. The highest BCUT2D eigenvalue weighted by Crippen LogP contribution is 2.18. The summed E-state index contributed by atoms with van der Waals surface area (Å²) in [5.74, 6) is -0.839. The molecule has 2 aromatic rings. The Bertz CT molecular complexity index is 634. The van der Waals surface area contributed by atoms with Crippen LogP contribution in [0, 0.1) is 6.92 Å². The van der Waals surface area contributed by atoms with Gasteiger partial charge in [0.25, 0.3) is 0 Å². The van der Waals surface area contributed by atoms with Crippen molar-refractivity contribution in [1.29, 1.82) is 0 Å². The van der Waals surface area contributed by atoms with E-state index >= 15 is 0 Å². The maximum Gasteiger partial charge on any atom is 0.309 e. The van der Waals surface area contributed by atoms with Gasteiger partial charge in [0.2, 0.25) is 0 Å². The van der Waals surface area contributed by atoms with Crippen LogP contribution < -0.4 is 0 Å². The normalized spacial score (nSPS) is 11.4. The number of aliphatic carboxylic acids is 1. The summed E-state index contributed by atoms with van der Waals surface area (Å²) in [6.45, 7) is 5.91. The number of unbranched alkanes of at least 4 members (excludes halogenated alkanes) is 1. The first-order valence-corrected chi connectivity index (χ1v) is 7.39. The van der Waals surface area contributed by atoms with Gasteiger partial charge in [-0.05, 0) is 39.1 Å². The molecule has 5 nitrogen and oxygen atoms in total. The molecule has 0 amide bonds. The van der Waals surface area contributed by atoms with Gasteiger partial charge in [0.15, 0.2) is 0 Å². The van der Waals surface area contributed by atoms with Crippen LogP contribution in [0.2, 0.25) is 0 Å². The van der Waals surface area contributed by atoms with Crippen LogP contribution in [0.15, 0.2) is 18.2 Å². The molecule has 0 aliphatic rings. The van der Waals surface area contributed by atoms with Gasteiger partial charge >= 0.3 is 5.97 Å². The lowest BCUT2D eigenvalue weighted by molar-refractivity contribution is -0.136. The number of hydrogen-bond donors (Lipinski definition) is 1. The second kappa shape index (κ2) is 6.72. The maximum absolute atomic E-state index is 11.1. The van der Waals surface area contributed by atoms with E-state index in [0.29, 0.717) is 12.2 Å². The van der Waals surface area contributed by atoms with Gasteiger partial charge in [-0.2, -0.15) is 0 Å². The van der Waals surface area contributed by atoms with E-state index in [-0.39, 0.29) is 6.42 Å². The van der Waals surface area contributed by atoms with E-state index in [2.05, 4.69) is 28.3 Å². The fourth-order valence-electron chi connectivity index (χ4n) is 2.58. The summed E-state index contributed by atoms with van der Waals surface area (Å²) in [5, 5.41) is 9.10. The second-order valence-corrected chi connectivity index (χ2v) is 5.53. The zero-order valence-corrected chi connectivity index (χ0v) is 13.0. The molecule has 5 heteroatoms. The van der Waals surface area contributed by atoms with E-state index in [1.54, 1.807) is 0 Å². The molecule has 0 radical (unpaired) electrons. The van der Waals surface area contributed by atoms with Crippen molar-refractivity contribution in [3.8, 4) is 0 Å². The van der Waals surface area contributed by atoms with Crippen LogP contribution in [-0.2, 0) is 17.8 Å². The van der Waals surface area contributed by atoms with Crippen molar-refractivity contribution in [2.45, 2.75) is 39.7 Å². The molecular formula is C16H23N3O2. The molecule has 0 aromatic carbocycles. The van der Waals surface area contributed by atoms with Gasteiger partial charge in [-0.3, -0.25) is 9.20 Å². The number of nitrogens with zero attached hydrogens (tertiary/aromatic N) is 3. The van der Waals surface area contributed by atoms with Gasteiger partial charge in [-0.1, -0.05) is 19.4 Å². The van der Waals surface area contributed by atoms with Gasteiger partial charge in [0, 0.05) is 12.2 Å². The van der Waals surface area contributed by atoms with E-state index in [4.69, 9.17) is 5.11 Å². The van der Waals surface area contributed by atoms with Gasteiger partial charge in [-0.25, -0.2) is 4.98 Å². The highest BCUT2D eigenvalue weighted by molar-refractivity contribution is 5.70. The predicted molar refractivity (Wildman–Crippen MR) is 82.5 cm³/mol. The number of carbonyl (C=O) groups is 1. The van der Waals surface area contributed by atoms with Crippen molar-refractivity contribution >= 4 is 11.6 Å². The maximum atomic E-state index is 11.1. The molecule has 0 spiro atoms. The number of hydrogen-bond acceptors (Lipinski definition) is 3. The quantitative estimate of drug-likeness (QED) is 0.851. The molecule has 2 aromatic heterocycles. The Labute approximate surface area is 125 Å². The topological polar surface area (TPSA) is 57.8 Å². The van der Waals surface area contributed by atoms with Crippen LogP contribution in [-0.4, -0.2) is 39.0 Å². The third-order valence-electron chi connectivity index (χ3n) is 3.65. The fraction of sp³-hybridized carbons (Fsp3) is 0.500. The number of aromatic nitrogens is 2. The molecule has 0 unspecified atom stereocenters. The number of carboxylic acid groups (broad SMARTS) is 1. The molecule has 0 saturated carbocycles. The van der Waals surface area contributed by atoms with Gasteiger partial charge < -0.3 is 10.0 Å². The Kier molecular flexibility index (Phi) is 4.96. The van der Waals surface area contributed by atoms with E-state index in [1.165, 1.54) is 0 Å². The molecule has 0 saturated heterocycles. The fourth-order valence-corrected chi connectivity index (χ4v) is 2.58. The molecule has 114 valence electrons. The van der Waals surface area contributed by atoms with Gasteiger partial charge in [-0.15, -0.1) is 0 Å². The molecule has 0 bridgehead atoms. The first-order chi connectivity index (χ1) is 10.0. The smallest absolute Gasteiger partial charge is 0.309 e. The number of imidazole rings is 1. The van der Waals surface area contributed by atoms with Crippen molar-refractivity contribution in [3.05, 3.63) is 35.3 Å². The minimum Gasteiger partial charge on any atom is -0.481 e. The first-order valence-electron chi connectivity index (χ1n) is 7.39. The second-order valence-electron chi connectivity index (χ2n) is 5.53. The van der Waals surface area contributed by atoms with Crippen LogP contribution in [0.1, 0.15) is 36.8 Å². The van der Waals surface area contributed by atoms with E-state index < -0.39 is 5.97 Å². The van der Waals surface area contributed by atoms with Crippen molar-refractivity contribution < 1.29 is 9.90 Å². The molecule has 2 heterocycles. The van der Waals surface area contributed by atoms with Gasteiger partial charge in [0.05, 0.1) is 17.8 Å². The van der Waals surface area contributed by atoms with E-state index in [9.17, 15) is 4.79 Å². The number of carboxylic acids is 1. The van der Waals surface area contributed by atoms with Gasteiger partial charge in [0.1, 0.15) is 5.65 Å². The Balaban J connectivity index is 2.39. The molecule has 0 fully saturated rings. The largest absolute Gasteiger partial charge is 0.481 e. The Hall–Kier alpha value is -1.88. The zero-order valence-electron chi connectivity index (χ0n) is 13.0. The van der Waals surface area contributed by atoms with Crippen LogP contribution in [0.4, 0.5) is 0 Å². The number of fused-ring (bicyclic) bond motifs is 1. The van der Waals surface area contributed by atoms with Crippen molar-refractivity contribution in [3.63, 3.8) is 0 Å². The lowest BCUT2D eigenvalue weighted by Crippen LogP contribution is -2.21. The number of aryl methyl sites for hydroxylation is 1. The van der Waals surface area contributed by atoms with Crippen LogP contribution >= 0.6 is 0 Å². The van der Waals surface area contributed by atoms with E-state index in [1.807, 2.05) is 25.1 Å². The SMILES string of the molecule is CCCCN(C)Cc1c(CC(=O)O)nc2cccc(C)n12. The summed E-state index contributed by atoms with van der Waals surface area (Å²) in [4.78, 5) is 17.8. The molecular weight excluding hydrogens is 266 g/mol. The summed E-state index contributed by atoms with van der Waals surface area (Å²) in [6, 6.07) is 5.90. The molecule has 0 aliphatic carbocycles. The minimum atomic E-state index is -0.839. The predicted octanol–water partition coefficient (Wildman–Crippen LogP) is 2.50. The van der Waals surface area contributed by atoms with Crippen LogP contribution in [0.3, 0.4) is 0 Å². The van der Waals surface area contributed by atoms with Crippen LogP contribution in [0.5, 0.6) is 0 Å². The summed E-state index contributed by atoms with van der Waals surface area (Å²) in [5.41, 5.74) is 3.56. The average molecular weight is 289 g/mol. The first kappa shape index (κ1) is 15.5. The molecule has 0 atom stereocenters. The number of pyridine rings is 1. The number of rotatable bonds is 7. The molecule has 1 N–H and O–H groups in total. The lowest BCUT2D eigenvalue weighted by atomic mass is 10.2. The van der Waals surface area contributed by atoms with Crippen LogP contribution in [0.25, 0.3) is 5.65 Å². The third-order valence-corrected chi connectivity index (χ3v) is 3.65. The van der Waals surface area contributed by atoms with Crippen molar-refractivity contribution in [2.75, 3.05) is 13.6 Å². The average Bonchev–Trinajstić information content (AvgIpc) is 2.75. The summed E-state index contributed by atoms with van der Waals surface area (Å²) >= 11 is 0. The summed E-state index contributed by atoms with van der Waals surface area (Å²) in [6.07, 6.45) is 2.26. The lowest BCUT2D eigenvalue weighted by Gasteiger charge is -2.17. The zero-order chi connectivity index (χ0) is 15.4. The Morgan fingerprint density at radius 3 is 2.86 bits per heavy atom. The van der Waals surface area contributed by atoms with E-state index in [0.717, 1.165) is 36.4 Å². The highest BCUT2D eigenvalue weighted by Gasteiger charge is 2.17. The Morgan fingerprint density at radius 1 is 1.43 bits per heavy atom. The molecule has 0 aliphatic heterocycles. The summed E-state index contributed by atoms with van der Waals surface area (Å²) < 4.78 is 2.07. The third kappa shape index (κ3) is 3.61. The Morgan fingerprint density at radius 2 is 2.19 bits per heavy atom. The molecule has 2 rings (SSSR count). The molecule has 21 heavy (non-hydrogen) atoms. The van der Waals surface area contributed by atoms with Crippen molar-refractivity contribution in [2.24, 2.45) is 0 Å². The summed E-state index contributed by atoms with van der Waals surface area (Å²) in [7, 11) is 2.07. The monoisotopic (exact) mass is 289 g/mol. The standard InChI is InChI=1S/C16H23N3O2/c1-4-5-9-18(3)11-14-13(10-16(20)21)17-15-8-6-7-12(2)19(14)15/h6-8H,4-5,9-11H2,1-3H3,(H,20,21).